The molecule has 0 atom stereocenters. The Balaban J connectivity index is 2.72. The van der Waals surface area contributed by atoms with Gasteiger partial charge in [0.15, 0.2) is 21.4 Å². The summed E-state index contributed by atoms with van der Waals surface area (Å²) in [6.07, 6.45) is 0.347. The molecule has 0 fully saturated rings. The van der Waals surface area contributed by atoms with Crippen molar-refractivity contribution in [2.45, 2.75) is 30.9 Å². The normalized spacial score (nSPS) is 17.1. The van der Waals surface area contributed by atoms with Crippen molar-refractivity contribution in [1.82, 2.24) is 0 Å². The molecule has 0 saturated carbocycles. The van der Waals surface area contributed by atoms with Crippen molar-refractivity contribution < 1.29 is 33.0 Å². The van der Waals surface area contributed by atoms with Crippen molar-refractivity contribution in [3.8, 4) is 0 Å². The minimum absolute atomic E-state index is 0.0887. The molecule has 120 valence electrons. The molecule has 0 unspecified atom stereocenters. The van der Waals surface area contributed by atoms with Gasteiger partial charge in [0.25, 0.3) is 0 Å². The molecule has 0 aliphatic heterocycles. The average molecular weight is 346 g/mol. The first-order valence-corrected chi connectivity index (χ1v) is 8.78. The highest BCUT2D eigenvalue weighted by atomic mass is 32.2. The SMILES string of the molecule is CC1(C)CC(=O)c2c(S(=O)(=O)CC(=O)O)sc(C(=O)O)c2C1. The zero-order valence-electron chi connectivity index (χ0n) is 11.9. The number of fused-ring (bicyclic) bond motifs is 1. The number of carbonyl (C=O) groups is 3. The van der Waals surface area contributed by atoms with E-state index in [-0.39, 0.29) is 28.8 Å². The van der Waals surface area contributed by atoms with Gasteiger partial charge in [-0.15, -0.1) is 11.3 Å². The van der Waals surface area contributed by atoms with Crippen LogP contribution in [0.1, 0.15) is 45.9 Å². The van der Waals surface area contributed by atoms with E-state index in [1.807, 2.05) is 0 Å². The van der Waals surface area contributed by atoms with Gasteiger partial charge in [-0.25, -0.2) is 13.2 Å². The fourth-order valence-corrected chi connectivity index (χ4v) is 5.42. The van der Waals surface area contributed by atoms with Gasteiger partial charge < -0.3 is 10.2 Å². The molecule has 1 aromatic heterocycles. The summed E-state index contributed by atoms with van der Waals surface area (Å²) in [4.78, 5) is 34.1. The van der Waals surface area contributed by atoms with Gasteiger partial charge in [-0.3, -0.25) is 9.59 Å². The van der Waals surface area contributed by atoms with Crippen molar-refractivity contribution in [1.29, 1.82) is 0 Å². The quantitative estimate of drug-likeness (QED) is 0.845. The highest BCUT2D eigenvalue weighted by Gasteiger charge is 2.40. The summed E-state index contributed by atoms with van der Waals surface area (Å²) >= 11 is 0.465. The predicted molar refractivity (Wildman–Crippen MR) is 77.4 cm³/mol. The molecule has 2 rings (SSSR count). The lowest BCUT2D eigenvalue weighted by Gasteiger charge is -2.29. The second kappa shape index (κ2) is 5.17. The number of ketones is 1. The summed E-state index contributed by atoms with van der Waals surface area (Å²) in [6.45, 7) is 3.59. The summed E-state index contributed by atoms with van der Waals surface area (Å²) in [6, 6.07) is 0. The Morgan fingerprint density at radius 3 is 2.32 bits per heavy atom. The van der Waals surface area contributed by atoms with Gasteiger partial charge in [0.1, 0.15) is 9.09 Å². The predicted octanol–water partition coefficient (Wildman–Crippen LogP) is 1.46. The highest BCUT2D eigenvalue weighted by molar-refractivity contribution is 7.94. The van der Waals surface area contributed by atoms with Crippen LogP contribution >= 0.6 is 11.3 Å². The molecule has 0 amide bonds. The topological polar surface area (TPSA) is 126 Å². The highest BCUT2D eigenvalue weighted by Crippen LogP contribution is 2.43. The second-order valence-electron chi connectivity index (χ2n) is 5.97. The molecule has 0 saturated heterocycles. The summed E-state index contributed by atoms with van der Waals surface area (Å²) in [5.41, 5.74) is -0.408. The van der Waals surface area contributed by atoms with E-state index in [9.17, 15) is 27.9 Å². The number of sulfone groups is 1. The van der Waals surface area contributed by atoms with E-state index in [0.29, 0.717) is 11.3 Å². The molecule has 1 aromatic rings. The Kier molecular flexibility index (Phi) is 3.90. The van der Waals surface area contributed by atoms with Crippen LogP contribution < -0.4 is 0 Å². The first kappa shape index (κ1) is 16.6. The zero-order chi connectivity index (χ0) is 16.9. The Labute approximate surface area is 130 Å². The number of carboxylic acids is 2. The van der Waals surface area contributed by atoms with Crippen LogP contribution in [0.15, 0.2) is 4.21 Å². The van der Waals surface area contributed by atoms with Gasteiger partial charge in [0.2, 0.25) is 0 Å². The third kappa shape index (κ3) is 2.91. The Bertz CT molecular complexity index is 784. The van der Waals surface area contributed by atoms with Crippen LogP contribution in [0.3, 0.4) is 0 Å². The van der Waals surface area contributed by atoms with Gasteiger partial charge in [-0.05, 0) is 17.4 Å². The summed E-state index contributed by atoms with van der Waals surface area (Å²) in [5, 5.41) is 17.9. The monoisotopic (exact) mass is 346 g/mol. The van der Waals surface area contributed by atoms with Crippen LogP contribution in [0.25, 0.3) is 0 Å². The fraction of sp³-hybridized carbons (Fsp3) is 0.462. The van der Waals surface area contributed by atoms with E-state index in [4.69, 9.17) is 5.11 Å². The standard InChI is InChI=1S/C13H14O7S2/c1-13(2)3-6-9(7(14)4-13)12(21-10(6)11(17)18)22(19,20)5-8(15)16/h3-5H2,1-2H3,(H,15,16)(H,17,18). The van der Waals surface area contributed by atoms with E-state index in [1.54, 1.807) is 13.8 Å². The van der Waals surface area contributed by atoms with E-state index in [0.717, 1.165) is 0 Å². The van der Waals surface area contributed by atoms with Crippen LogP contribution in [-0.4, -0.2) is 42.1 Å². The average Bonchev–Trinajstić information content (AvgIpc) is 2.65. The molecule has 0 radical (unpaired) electrons. The molecule has 9 heteroatoms. The molecule has 1 aliphatic rings. The minimum Gasteiger partial charge on any atom is -0.480 e. The maximum Gasteiger partial charge on any atom is 0.346 e. The van der Waals surface area contributed by atoms with Crippen LogP contribution in [0.2, 0.25) is 0 Å². The number of carbonyl (C=O) groups excluding carboxylic acids is 1. The third-order valence-electron chi connectivity index (χ3n) is 3.34. The number of rotatable bonds is 4. The number of aromatic carboxylic acids is 1. The number of hydrogen-bond acceptors (Lipinski definition) is 6. The summed E-state index contributed by atoms with van der Waals surface area (Å²) in [7, 11) is -4.25. The lowest BCUT2D eigenvalue weighted by Crippen LogP contribution is -2.28. The molecule has 2 N–H and O–H groups in total. The van der Waals surface area contributed by atoms with Crippen LogP contribution in [0.4, 0.5) is 0 Å². The van der Waals surface area contributed by atoms with Gasteiger partial charge in [0.05, 0.1) is 5.56 Å². The van der Waals surface area contributed by atoms with Crippen LogP contribution in [-0.2, 0) is 21.1 Å². The largest absolute Gasteiger partial charge is 0.480 e. The molecule has 1 aliphatic carbocycles. The number of aliphatic carboxylic acids is 1. The van der Waals surface area contributed by atoms with Crippen molar-refractivity contribution >= 4 is 38.9 Å². The lowest BCUT2D eigenvalue weighted by molar-refractivity contribution is -0.134. The molecule has 1 heterocycles. The number of carboxylic acid groups (broad SMARTS) is 2. The second-order valence-corrected chi connectivity index (χ2v) is 9.18. The van der Waals surface area contributed by atoms with Gasteiger partial charge in [0, 0.05) is 6.42 Å². The molecule has 0 aromatic carbocycles. The maximum absolute atomic E-state index is 12.3. The van der Waals surface area contributed by atoms with Crippen molar-refractivity contribution in [3.05, 3.63) is 16.0 Å². The lowest BCUT2D eigenvalue weighted by atomic mass is 9.74. The Hall–Kier alpha value is -1.74. The zero-order valence-corrected chi connectivity index (χ0v) is 13.5. The fourth-order valence-electron chi connectivity index (χ4n) is 2.58. The number of thiophene rings is 1. The Morgan fingerprint density at radius 1 is 1.23 bits per heavy atom. The van der Waals surface area contributed by atoms with E-state index in [1.165, 1.54) is 0 Å². The van der Waals surface area contributed by atoms with E-state index < -0.39 is 42.9 Å². The first-order valence-electron chi connectivity index (χ1n) is 6.31. The van der Waals surface area contributed by atoms with Crippen molar-refractivity contribution in [2.24, 2.45) is 5.41 Å². The summed E-state index contributed by atoms with van der Waals surface area (Å²) in [5.74, 6) is -4.50. The van der Waals surface area contributed by atoms with Crippen LogP contribution in [0, 0.1) is 5.41 Å². The smallest absolute Gasteiger partial charge is 0.346 e. The van der Waals surface area contributed by atoms with Crippen LogP contribution in [0.5, 0.6) is 0 Å². The number of Topliss-reactive ketones (excluding diaryl/α,β-unsaturated/α-hetero) is 1. The molecule has 7 nitrogen and oxygen atoms in total. The molecular weight excluding hydrogens is 332 g/mol. The van der Waals surface area contributed by atoms with Crippen molar-refractivity contribution in [3.63, 3.8) is 0 Å². The molecule has 22 heavy (non-hydrogen) atoms. The van der Waals surface area contributed by atoms with Gasteiger partial charge in [-0.2, -0.15) is 0 Å². The third-order valence-corrected chi connectivity index (χ3v) is 6.76. The maximum atomic E-state index is 12.3. The van der Waals surface area contributed by atoms with Crippen molar-refractivity contribution in [2.75, 3.05) is 5.75 Å². The molecular formula is C13H14O7S2. The first-order chi connectivity index (χ1) is 9.94. The number of hydrogen-bond donors (Lipinski definition) is 2. The van der Waals surface area contributed by atoms with Gasteiger partial charge >= 0.3 is 11.9 Å². The van der Waals surface area contributed by atoms with E-state index in [2.05, 4.69) is 0 Å². The minimum atomic E-state index is -4.25. The van der Waals surface area contributed by atoms with Gasteiger partial charge in [-0.1, -0.05) is 13.8 Å². The molecule has 0 bridgehead atoms. The van der Waals surface area contributed by atoms with E-state index >= 15 is 0 Å². The summed E-state index contributed by atoms with van der Waals surface area (Å²) < 4.78 is 23.8. The molecule has 0 spiro atoms. The Morgan fingerprint density at radius 2 is 1.82 bits per heavy atom.